The van der Waals surface area contributed by atoms with E-state index in [1.165, 1.54) is 24.5 Å². The fraction of sp³-hybridized carbons (Fsp3) is 0.250. The Labute approximate surface area is 139 Å². The van der Waals surface area contributed by atoms with Crippen LogP contribution >= 0.6 is 0 Å². The van der Waals surface area contributed by atoms with Crippen molar-refractivity contribution < 1.29 is 18.3 Å². The number of rotatable bonds is 5. The molecule has 0 unspecified atom stereocenters. The molecule has 3 rings (SSSR count). The molecule has 0 saturated heterocycles. The maximum Gasteiger partial charge on any atom is 0.257 e. The molecule has 2 aromatic rings. The summed E-state index contributed by atoms with van der Waals surface area (Å²) in [4.78, 5) is 16.1. The number of benzene rings is 1. The number of nitrogens with one attached hydrogen (secondary N) is 2. The van der Waals surface area contributed by atoms with Crippen molar-refractivity contribution in [3.8, 4) is 5.75 Å². The van der Waals surface area contributed by atoms with Crippen molar-refractivity contribution in [3.63, 3.8) is 0 Å². The Morgan fingerprint density at radius 2 is 2.00 bits per heavy atom. The molecular weight excluding hydrogens is 330 g/mol. The van der Waals surface area contributed by atoms with E-state index in [-0.39, 0.29) is 22.3 Å². The van der Waals surface area contributed by atoms with Gasteiger partial charge in [-0.1, -0.05) is 6.07 Å². The molecule has 8 heteroatoms. The molecule has 0 aliphatic heterocycles. The quantitative estimate of drug-likeness (QED) is 0.764. The van der Waals surface area contributed by atoms with E-state index in [1.54, 1.807) is 19.1 Å². The molecule has 1 fully saturated rings. The van der Waals surface area contributed by atoms with Gasteiger partial charge in [0.05, 0.1) is 16.7 Å². The van der Waals surface area contributed by atoms with E-state index in [9.17, 15) is 18.3 Å². The zero-order valence-corrected chi connectivity index (χ0v) is 13.8. The summed E-state index contributed by atoms with van der Waals surface area (Å²) >= 11 is 0. The number of carbonyl (C=O) groups excluding carboxylic acids is 1. The van der Waals surface area contributed by atoms with Crippen LogP contribution in [0.2, 0.25) is 0 Å². The lowest BCUT2D eigenvalue weighted by Gasteiger charge is -2.11. The van der Waals surface area contributed by atoms with Crippen LogP contribution in [-0.4, -0.2) is 30.5 Å². The molecule has 0 bridgehead atoms. The number of carbonyl (C=O) groups is 1. The van der Waals surface area contributed by atoms with Crippen molar-refractivity contribution in [1.82, 2.24) is 9.71 Å². The summed E-state index contributed by atoms with van der Waals surface area (Å²) < 4.78 is 27.4. The van der Waals surface area contributed by atoms with E-state index in [1.807, 2.05) is 0 Å². The second-order valence-electron chi connectivity index (χ2n) is 5.76. The predicted molar refractivity (Wildman–Crippen MR) is 88.4 cm³/mol. The SMILES string of the molecule is Cc1ccc(NC(=O)c2cncc(O)c2)cc1S(=O)(=O)NC1CC1. The largest absolute Gasteiger partial charge is 0.506 e. The van der Waals surface area contributed by atoms with E-state index >= 15 is 0 Å². The van der Waals surface area contributed by atoms with Gasteiger partial charge in [-0.25, -0.2) is 13.1 Å². The summed E-state index contributed by atoms with van der Waals surface area (Å²) in [6.07, 6.45) is 4.23. The summed E-state index contributed by atoms with van der Waals surface area (Å²) in [5, 5.41) is 12.0. The summed E-state index contributed by atoms with van der Waals surface area (Å²) in [6, 6.07) is 5.97. The monoisotopic (exact) mass is 347 g/mol. The normalized spacial score (nSPS) is 14.4. The number of anilines is 1. The van der Waals surface area contributed by atoms with E-state index in [4.69, 9.17) is 0 Å². The molecule has 0 spiro atoms. The minimum absolute atomic E-state index is 0.00557. The van der Waals surface area contributed by atoms with Gasteiger partial charge >= 0.3 is 0 Å². The minimum Gasteiger partial charge on any atom is -0.506 e. The highest BCUT2D eigenvalue weighted by molar-refractivity contribution is 7.89. The molecule has 126 valence electrons. The molecule has 1 aliphatic carbocycles. The van der Waals surface area contributed by atoms with Gasteiger partial charge in [0, 0.05) is 17.9 Å². The average molecular weight is 347 g/mol. The highest BCUT2D eigenvalue weighted by atomic mass is 32.2. The highest BCUT2D eigenvalue weighted by Gasteiger charge is 2.29. The van der Waals surface area contributed by atoms with Crippen molar-refractivity contribution in [1.29, 1.82) is 0 Å². The Hall–Kier alpha value is -2.45. The van der Waals surface area contributed by atoms with Gasteiger partial charge in [-0.3, -0.25) is 9.78 Å². The first-order chi connectivity index (χ1) is 11.3. The Kier molecular flexibility index (Phi) is 4.25. The van der Waals surface area contributed by atoms with Crippen LogP contribution in [0.15, 0.2) is 41.6 Å². The average Bonchev–Trinajstić information content (AvgIpc) is 3.32. The fourth-order valence-electron chi connectivity index (χ4n) is 2.21. The number of pyridine rings is 1. The molecule has 0 atom stereocenters. The number of nitrogens with zero attached hydrogens (tertiary/aromatic N) is 1. The molecule has 7 nitrogen and oxygen atoms in total. The van der Waals surface area contributed by atoms with Gasteiger partial charge in [0.1, 0.15) is 5.75 Å². The van der Waals surface area contributed by atoms with E-state index in [0.717, 1.165) is 12.8 Å². The van der Waals surface area contributed by atoms with Crippen LogP contribution in [-0.2, 0) is 10.0 Å². The molecule has 1 heterocycles. The first kappa shape index (κ1) is 16.4. The van der Waals surface area contributed by atoms with Crippen molar-refractivity contribution in [2.75, 3.05) is 5.32 Å². The Morgan fingerprint density at radius 1 is 1.25 bits per heavy atom. The Morgan fingerprint density at radius 3 is 2.67 bits per heavy atom. The van der Waals surface area contributed by atoms with Gasteiger partial charge in [0.2, 0.25) is 10.0 Å². The molecule has 1 aliphatic rings. The molecule has 24 heavy (non-hydrogen) atoms. The first-order valence-corrected chi connectivity index (χ1v) is 8.92. The number of hydrogen-bond donors (Lipinski definition) is 3. The fourth-order valence-corrected chi connectivity index (χ4v) is 3.78. The number of aryl methyl sites for hydroxylation is 1. The van der Waals surface area contributed by atoms with Crippen molar-refractivity contribution in [2.45, 2.75) is 30.7 Å². The molecule has 1 amide bonds. The van der Waals surface area contributed by atoms with Crippen LogP contribution in [0.25, 0.3) is 0 Å². The van der Waals surface area contributed by atoms with Crippen molar-refractivity contribution >= 4 is 21.6 Å². The van der Waals surface area contributed by atoms with Gasteiger partial charge in [-0.15, -0.1) is 0 Å². The van der Waals surface area contributed by atoms with E-state index in [0.29, 0.717) is 11.3 Å². The van der Waals surface area contributed by atoms with Gasteiger partial charge in [0.25, 0.3) is 5.91 Å². The lowest BCUT2D eigenvalue weighted by atomic mass is 10.2. The van der Waals surface area contributed by atoms with Crippen molar-refractivity contribution in [3.05, 3.63) is 47.8 Å². The topological polar surface area (TPSA) is 108 Å². The zero-order valence-electron chi connectivity index (χ0n) is 13.0. The van der Waals surface area contributed by atoms with Crippen molar-refractivity contribution in [2.24, 2.45) is 0 Å². The molecule has 1 aromatic carbocycles. The van der Waals surface area contributed by atoms with E-state index in [2.05, 4.69) is 15.0 Å². The minimum atomic E-state index is -3.61. The Bertz CT molecular complexity index is 892. The standard InChI is InChI=1S/C16H17N3O4S/c1-10-2-3-13(7-15(10)24(22,23)19-12-4-5-12)18-16(21)11-6-14(20)9-17-8-11/h2-3,6-9,12,19-20H,4-5H2,1H3,(H,18,21). The Balaban J connectivity index is 1.84. The summed E-state index contributed by atoms with van der Waals surface area (Å²) in [7, 11) is -3.61. The second kappa shape index (κ2) is 6.21. The smallest absolute Gasteiger partial charge is 0.257 e. The van der Waals surface area contributed by atoms with Crippen LogP contribution < -0.4 is 10.0 Å². The number of sulfonamides is 1. The van der Waals surface area contributed by atoms with Crippen LogP contribution in [0, 0.1) is 6.92 Å². The lowest BCUT2D eigenvalue weighted by molar-refractivity contribution is 0.102. The van der Waals surface area contributed by atoms with E-state index < -0.39 is 15.9 Å². The molecule has 0 radical (unpaired) electrons. The number of aromatic hydroxyl groups is 1. The molecule has 3 N–H and O–H groups in total. The third kappa shape index (κ3) is 3.72. The summed E-state index contributed by atoms with van der Waals surface area (Å²) in [5.41, 5.74) is 1.13. The van der Waals surface area contributed by atoms with Crippen LogP contribution in [0.5, 0.6) is 5.75 Å². The van der Waals surface area contributed by atoms with Gasteiger partial charge in [-0.05, 0) is 43.5 Å². The predicted octanol–water partition coefficient (Wildman–Crippen LogP) is 1.79. The maximum atomic E-state index is 12.4. The second-order valence-corrected chi connectivity index (χ2v) is 7.44. The molecular formula is C16H17N3O4S. The zero-order chi connectivity index (χ0) is 17.3. The number of amides is 1. The summed E-state index contributed by atoms with van der Waals surface area (Å²) in [5.74, 6) is -0.607. The van der Waals surface area contributed by atoms with Crippen LogP contribution in [0.4, 0.5) is 5.69 Å². The third-order valence-electron chi connectivity index (χ3n) is 3.62. The maximum absolute atomic E-state index is 12.4. The number of hydrogen-bond acceptors (Lipinski definition) is 5. The van der Waals surface area contributed by atoms with Crippen LogP contribution in [0.3, 0.4) is 0 Å². The lowest BCUT2D eigenvalue weighted by Crippen LogP contribution is -2.26. The van der Waals surface area contributed by atoms with Gasteiger partial charge < -0.3 is 10.4 Å². The van der Waals surface area contributed by atoms with Gasteiger partial charge in [0.15, 0.2) is 0 Å². The molecule has 1 aromatic heterocycles. The highest BCUT2D eigenvalue weighted by Crippen LogP contribution is 2.25. The first-order valence-electron chi connectivity index (χ1n) is 7.43. The molecule has 1 saturated carbocycles. The summed E-state index contributed by atoms with van der Waals surface area (Å²) in [6.45, 7) is 1.70. The third-order valence-corrected chi connectivity index (χ3v) is 5.28. The van der Waals surface area contributed by atoms with Crippen LogP contribution in [0.1, 0.15) is 28.8 Å². The van der Waals surface area contributed by atoms with Gasteiger partial charge in [-0.2, -0.15) is 0 Å². The number of aromatic nitrogens is 1.